The van der Waals surface area contributed by atoms with Crippen LogP contribution in [0.5, 0.6) is 0 Å². The van der Waals surface area contributed by atoms with Gasteiger partial charge in [-0.05, 0) is 49.9 Å². The summed E-state index contributed by atoms with van der Waals surface area (Å²) in [6.07, 6.45) is 8.37. The Morgan fingerprint density at radius 1 is 1.00 bits per heavy atom. The number of amides is 2. The van der Waals surface area contributed by atoms with Gasteiger partial charge in [0.1, 0.15) is 0 Å². The molecule has 104 valence electrons. The summed E-state index contributed by atoms with van der Waals surface area (Å²) in [7, 11) is 0. The van der Waals surface area contributed by atoms with Crippen LogP contribution in [0.25, 0.3) is 0 Å². The summed E-state index contributed by atoms with van der Waals surface area (Å²) >= 11 is 0. The number of hydrogen-bond acceptors (Lipinski definition) is 1. The third-order valence-electron chi connectivity index (χ3n) is 4.99. The Morgan fingerprint density at radius 3 is 1.83 bits per heavy atom. The zero-order valence-electron chi connectivity index (χ0n) is 12.1. The Labute approximate surface area is 111 Å². The van der Waals surface area contributed by atoms with Crippen molar-refractivity contribution < 1.29 is 4.79 Å². The van der Waals surface area contributed by atoms with E-state index in [4.69, 9.17) is 0 Å². The molecule has 0 spiro atoms. The highest BCUT2D eigenvalue weighted by molar-refractivity contribution is 5.74. The van der Waals surface area contributed by atoms with Gasteiger partial charge in [0.15, 0.2) is 0 Å². The number of carbonyl (C=O) groups is 1. The Bertz CT molecular complexity index is 289. The molecule has 2 aliphatic rings. The fourth-order valence-corrected chi connectivity index (χ4v) is 2.95. The van der Waals surface area contributed by atoms with Crippen molar-refractivity contribution >= 4 is 6.03 Å². The van der Waals surface area contributed by atoms with E-state index in [-0.39, 0.29) is 6.03 Å². The fourth-order valence-electron chi connectivity index (χ4n) is 2.95. The zero-order chi connectivity index (χ0) is 13.2. The first kappa shape index (κ1) is 13.7. The molecule has 0 atom stereocenters. The van der Waals surface area contributed by atoms with Gasteiger partial charge in [-0.25, -0.2) is 4.79 Å². The topological polar surface area (TPSA) is 41.1 Å². The van der Waals surface area contributed by atoms with Gasteiger partial charge < -0.3 is 10.6 Å². The van der Waals surface area contributed by atoms with E-state index in [0.29, 0.717) is 17.5 Å². The number of hydrogen-bond donors (Lipinski definition) is 2. The largest absolute Gasteiger partial charge is 0.335 e. The summed E-state index contributed by atoms with van der Waals surface area (Å²) < 4.78 is 0. The van der Waals surface area contributed by atoms with Crippen molar-refractivity contribution in [1.82, 2.24) is 10.6 Å². The monoisotopic (exact) mass is 252 g/mol. The second-order valence-corrected chi connectivity index (χ2v) is 6.78. The molecule has 2 saturated carbocycles. The molecule has 2 fully saturated rings. The lowest BCUT2D eigenvalue weighted by atomic mass is 9.69. The lowest BCUT2D eigenvalue weighted by molar-refractivity contribution is 0.138. The Balaban J connectivity index is 1.71. The van der Waals surface area contributed by atoms with E-state index in [9.17, 15) is 4.79 Å². The van der Waals surface area contributed by atoms with Crippen LogP contribution < -0.4 is 10.6 Å². The molecule has 2 rings (SSSR count). The molecular weight excluding hydrogens is 224 g/mol. The number of urea groups is 1. The minimum Gasteiger partial charge on any atom is -0.335 e. The van der Waals surface area contributed by atoms with E-state index in [1.807, 2.05) is 0 Å². The summed E-state index contributed by atoms with van der Waals surface area (Å²) in [6, 6.07) is 0.906. The first-order valence-electron chi connectivity index (χ1n) is 7.58. The van der Waals surface area contributed by atoms with Crippen LogP contribution in [0.4, 0.5) is 4.79 Å². The van der Waals surface area contributed by atoms with Crippen molar-refractivity contribution in [3.05, 3.63) is 0 Å². The smallest absolute Gasteiger partial charge is 0.315 e. The normalized spacial score (nSPS) is 28.8. The van der Waals surface area contributed by atoms with Crippen molar-refractivity contribution in [2.75, 3.05) is 0 Å². The summed E-state index contributed by atoms with van der Waals surface area (Å²) in [5.41, 5.74) is 0.460. The van der Waals surface area contributed by atoms with Crippen molar-refractivity contribution in [3.63, 3.8) is 0 Å². The van der Waals surface area contributed by atoms with Crippen LogP contribution in [-0.4, -0.2) is 18.1 Å². The van der Waals surface area contributed by atoms with Crippen molar-refractivity contribution in [1.29, 1.82) is 0 Å². The Morgan fingerprint density at radius 2 is 1.44 bits per heavy atom. The van der Waals surface area contributed by atoms with Crippen LogP contribution in [0.2, 0.25) is 0 Å². The molecule has 0 aromatic rings. The van der Waals surface area contributed by atoms with Gasteiger partial charge in [0, 0.05) is 12.1 Å². The van der Waals surface area contributed by atoms with Gasteiger partial charge in [0.25, 0.3) is 0 Å². The third kappa shape index (κ3) is 3.63. The molecule has 0 bridgehead atoms. The number of rotatable bonds is 4. The zero-order valence-corrected chi connectivity index (χ0v) is 12.1. The maximum atomic E-state index is 11.7. The summed E-state index contributed by atoms with van der Waals surface area (Å²) in [6.45, 7) is 7.05. The first-order valence-corrected chi connectivity index (χ1v) is 7.58. The van der Waals surface area contributed by atoms with Crippen LogP contribution >= 0.6 is 0 Å². The summed E-state index contributed by atoms with van der Waals surface area (Å²) in [5, 5.41) is 6.13. The minimum absolute atomic E-state index is 0.0516. The molecule has 18 heavy (non-hydrogen) atoms. The van der Waals surface area contributed by atoms with Crippen LogP contribution in [0.15, 0.2) is 0 Å². The molecule has 2 N–H and O–H groups in total. The lowest BCUT2D eigenvalue weighted by Gasteiger charge is -2.39. The van der Waals surface area contributed by atoms with Gasteiger partial charge in [-0.15, -0.1) is 0 Å². The molecule has 0 radical (unpaired) electrons. The highest BCUT2D eigenvalue weighted by Gasteiger charge is 2.32. The second-order valence-electron chi connectivity index (χ2n) is 6.78. The fraction of sp³-hybridized carbons (Fsp3) is 0.933. The van der Waals surface area contributed by atoms with Crippen molar-refractivity contribution in [2.24, 2.45) is 11.3 Å². The average molecular weight is 252 g/mol. The highest BCUT2D eigenvalue weighted by atomic mass is 16.2. The third-order valence-corrected chi connectivity index (χ3v) is 4.99. The molecule has 2 amide bonds. The maximum Gasteiger partial charge on any atom is 0.315 e. The average Bonchev–Trinajstić information content (AvgIpc) is 3.13. The van der Waals surface area contributed by atoms with Gasteiger partial charge in [0.05, 0.1) is 0 Å². The van der Waals surface area contributed by atoms with Crippen LogP contribution in [0, 0.1) is 11.3 Å². The van der Waals surface area contributed by atoms with Crippen LogP contribution in [0.3, 0.4) is 0 Å². The molecule has 0 aromatic carbocycles. The van der Waals surface area contributed by atoms with E-state index in [0.717, 1.165) is 31.6 Å². The molecule has 0 heterocycles. The van der Waals surface area contributed by atoms with Gasteiger partial charge in [-0.1, -0.05) is 27.2 Å². The summed E-state index contributed by atoms with van der Waals surface area (Å²) in [5.74, 6) is 0.826. The molecule has 3 nitrogen and oxygen atoms in total. The van der Waals surface area contributed by atoms with Gasteiger partial charge in [-0.3, -0.25) is 0 Å². The standard InChI is InChI=1S/C15H28N2O/c1-4-15(2,3)11-5-7-12(8-6-11)16-14(18)17-13-9-10-13/h11-13H,4-10H2,1-3H3,(H2,16,17,18). The predicted molar refractivity (Wildman–Crippen MR) is 74.5 cm³/mol. The maximum absolute atomic E-state index is 11.7. The number of carbonyl (C=O) groups excluding carboxylic acids is 1. The quantitative estimate of drug-likeness (QED) is 0.790. The SMILES string of the molecule is CCC(C)(C)C1CCC(NC(=O)NC2CC2)CC1. The van der Waals surface area contributed by atoms with Crippen LogP contribution in [0.1, 0.15) is 65.7 Å². The predicted octanol–water partition coefficient (Wildman–Crippen LogP) is 3.44. The molecule has 0 saturated heterocycles. The van der Waals surface area contributed by atoms with Gasteiger partial charge >= 0.3 is 6.03 Å². The Hall–Kier alpha value is -0.730. The van der Waals surface area contributed by atoms with Crippen molar-refractivity contribution in [3.8, 4) is 0 Å². The molecule has 0 aromatic heterocycles. The van der Waals surface area contributed by atoms with Gasteiger partial charge in [-0.2, -0.15) is 0 Å². The number of nitrogens with one attached hydrogen (secondary N) is 2. The minimum atomic E-state index is 0.0516. The van der Waals surface area contributed by atoms with E-state index in [2.05, 4.69) is 31.4 Å². The van der Waals surface area contributed by atoms with E-state index < -0.39 is 0 Å². The molecule has 2 aliphatic carbocycles. The summed E-state index contributed by atoms with van der Waals surface area (Å²) in [4.78, 5) is 11.7. The Kier molecular flexibility index (Phi) is 4.18. The second kappa shape index (κ2) is 5.50. The molecule has 0 unspecified atom stereocenters. The van der Waals surface area contributed by atoms with E-state index in [1.165, 1.54) is 19.3 Å². The lowest BCUT2D eigenvalue weighted by Crippen LogP contribution is -2.45. The van der Waals surface area contributed by atoms with E-state index >= 15 is 0 Å². The molecule has 3 heteroatoms. The van der Waals surface area contributed by atoms with Gasteiger partial charge in [0.2, 0.25) is 0 Å². The molecule has 0 aliphatic heterocycles. The molecular formula is C15H28N2O. The van der Waals surface area contributed by atoms with Crippen molar-refractivity contribution in [2.45, 2.75) is 77.8 Å². The first-order chi connectivity index (χ1) is 8.51. The highest BCUT2D eigenvalue weighted by Crippen LogP contribution is 2.40. The van der Waals surface area contributed by atoms with Crippen LogP contribution in [-0.2, 0) is 0 Å². The van der Waals surface area contributed by atoms with E-state index in [1.54, 1.807) is 0 Å².